The largest absolute Gasteiger partial charge is 0.380 e. The molecule has 2 heterocycles. The van der Waals surface area contributed by atoms with Gasteiger partial charge in [0.2, 0.25) is 0 Å². The van der Waals surface area contributed by atoms with Crippen LogP contribution in [0.1, 0.15) is 11.3 Å². The van der Waals surface area contributed by atoms with Gasteiger partial charge in [-0.3, -0.25) is 4.72 Å². The summed E-state index contributed by atoms with van der Waals surface area (Å²) < 4.78 is 33.0. The lowest BCUT2D eigenvalue weighted by Gasteiger charge is -2.18. The Morgan fingerprint density at radius 2 is 1.96 bits per heavy atom. The number of methoxy groups -OCH3 is 1. The molecule has 124 valence electrons. The first-order valence-electron chi connectivity index (χ1n) is 7.45. The van der Waals surface area contributed by atoms with E-state index in [9.17, 15) is 8.42 Å². The summed E-state index contributed by atoms with van der Waals surface area (Å²) >= 11 is 1.27. The Morgan fingerprint density at radius 1 is 1.22 bits per heavy atom. The zero-order valence-electron chi connectivity index (χ0n) is 13.2. The molecule has 23 heavy (non-hydrogen) atoms. The van der Waals surface area contributed by atoms with Gasteiger partial charge in [0.15, 0.2) is 0 Å². The minimum atomic E-state index is -3.50. The molecule has 2 aromatic rings. The molecule has 3 rings (SSSR count). The van der Waals surface area contributed by atoms with E-state index in [1.807, 2.05) is 25.1 Å². The van der Waals surface area contributed by atoms with Crippen LogP contribution in [0, 0.1) is 6.92 Å². The van der Waals surface area contributed by atoms with Gasteiger partial charge in [0.25, 0.3) is 10.0 Å². The van der Waals surface area contributed by atoms with Crippen molar-refractivity contribution < 1.29 is 13.2 Å². The van der Waals surface area contributed by atoms with Crippen LogP contribution in [0.3, 0.4) is 0 Å². The van der Waals surface area contributed by atoms with Crippen LogP contribution in [0.4, 0.5) is 11.4 Å². The van der Waals surface area contributed by atoms with Crippen molar-refractivity contribution in [2.24, 2.45) is 0 Å². The molecule has 0 bridgehead atoms. The number of rotatable bonds is 5. The number of sulfonamides is 1. The van der Waals surface area contributed by atoms with Crippen LogP contribution in [0.5, 0.6) is 0 Å². The first-order valence-corrected chi connectivity index (χ1v) is 9.75. The normalized spacial score (nSPS) is 18.3. The van der Waals surface area contributed by atoms with Crippen LogP contribution in [0.15, 0.2) is 40.6 Å². The molecule has 0 amide bonds. The molecule has 1 N–H and O–H groups in total. The van der Waals surface area contributed by atoms with Gasteiger partial charge in [0.05, 0.1) is 6.10 Å². The number of nitrogens with one attached hydrogen (secondary N) is 1. The van der Waals surface area contributed by atoms with Crippen molar-refractivity contribution in [2.45, 2.75) is 23.7 Å². The third-order valence-electron chi connectivity index (χ3n) is 3.94. The molecule has 0 spiro atoms. The summed E-state index contributed by atoms with van der Waals surface area (Å²) in [5.74, 6) is 0. The Labute approximate surface area is 140 Å². The van der Waals surface area contributed by atoms with Crippen molar-refractivity contribution in [1.82, 2.24) is 0 Å². The van der Waals surface area contributed by atoms with Gasteiger partial charge in [-0.15, -0.1) is 11.3 Å². The van der Waals surface area contributed by atoms with Crippen molar-refractivity contribution in [2.75, 3.05) is 29.8 Å². The average molecular weight is 352 g/mol. The van der Waals surface area contributed by atoms with E-state index in [0.29, 0.717) is 9.90 Å². The smallest absolute Gasteiger partial charge is 0.271 e. The lowest BCUT2D eigenvalue weighted by molar-refractivity contribution is 0.121. The Hall–Kier alpha value is -1.57. The summed E-state index contributed by atoms with van der Waals surface area (Å²) in [7, 11) is -1.77. The van der Waals surface area contributed by atoms with E-state index in [2.05, 4.69) is 9.62 Å². The van der Waals surface area contributed by atoms with E-state index in [1.54, 1.807) is 25.3 Å². The predicted octanol–water partition coefficient (Wildman–Crippen LogP) is 3.08. The molecule has 1 atom stereocenters. The number of ether oxygens (including phenoxy) is 1. The molecule has 0 saturated carbocycles. The van der Waals surface area contributed by atoms with Crippen LogP contribution in [-0.4, -0.2) is 34.7 Å². The molecule has 1 fully saturated rings. The summed E-state index contributed by atoms with van der Waals surface area (Å²) in [4.78, 5) is 3.22. The quantitative estimate of drug-likeness (QED) is 0.898. The van der Waals surface area contributed by atoms with E-state index in [1.165, 1.54) is 11.3 Å². The second-order valence-corrected chi connectivity index (χ2v) is 8.81. The molecule has 7 heteroatoms. The summed E-state index contributed by atoms with van der Waals surface area (Å²) in [6.07, 6.45) is 1.29. The Bertz CT molecular complexity index is 769. The third kappa shape index (κ3) is 3.68. The molecule has 1 aromatic carbocycles. The minimum absolute atomic E-state index is 0.273. The highest BCUT2D eigenvalue weighted by molar-refractivity contribution is 7.94. The number of nitrogens with zero attached hydrogens (tertiary/aromatic N) is 1. The van der Waals surface area contributed by atoms with E-state index < -0.39 is 10.0 Å². The molecule has 0 radical (unpaired) electrons. The average Bonchev–Trinajstić information content (AvgIpc) is 3.16. The van der Waals surface area contributed by atoms with E-state index in [-0.39, 0.29) is 6.10 Å². The van der Waals surface area contributed by atoms with Gasteiger partial charge in [-0.05, 0) is 49.7 Å². The zero-order chi connectivity index (χ0) is 16.4. The van der Waals surface area contributed by atoms with Crippen LogP contribution in [0.25, 0.3) is 0 Å². The molecule has 1 aliphatic rings. The first kappa shape index (κ1) is 16.3. The highest BCUT2D eigenvalue weighted by Crippen LogP contribution is 2.26. The standard InChI is InChI=1S/C16H20N2O3S2/c1-12-3-8-16(22-12)23(19,20)17-13-4-6-14(7-5-13)18-10-9-15(11-18)21-2/h3-8,15,17H,9-11H2,1-2H3. The van der Waals surface area contributed by atoms with Crippen LogP contribution < -0.4 is 9.62 Å². The third-order valence-corrected chi connectivity index (χ3v) is 6.82. The van der Waals surface area contributed by atoms with Crippen LogP contribution in [0.2, 0.25) is 0 Å². The van der Waals surface area contributed by atoms with Crippen molar-refractivity contribution in [3.05, 3.63) is 41.3 Å². The van der Waals surface area contributed by atoms with Crippen molar-refractivity contribution in [3.8, 4) is 0 Å². The minimum Gasteiger partial charge on any atom is -0.380 e. The Kier molecular flexibility index (Phi) is 4.61. The maximum atomic E-state index is 12.3. The number of thiophene rings is 1. The molecule has 1 unspecified atom stereocenters. The highest BCUT2D eigenvalue weighted by atomic mass is 32.2. The number of anilines is 2. The second-order valence-electron chi connectivity index (χ2n) is 5.61. The summed E-state index contributed by atoms with van der Waals surface area (Å²) in [5.41, 5.74) is 1.65. The topological polar surface area (TPSA) is 58.6 Å². The fourth-order valence-corrected chi connectivity index (χ4v) is 5.00. The van der Waals surface area contributed by atoms with E-state index in [0.717, 1.165) is 30.1 Å². The van der Waals surface area contributed by atoms with Gasteiger partial charge in [-0.25, -0.2) is 8.42 Å². The molecule has 1 aliphatic heterocycles. The van der Waals surface area contributed by atoms with Gasteiger partial charge in [0, 0.05) is 36.5 Å². The number of aryl methyl sites for hydroxylation is 1. The lowest BCUT2D eigenvalue weighted by atomic mass is 10.2. The lowest BCUT2D eigenvalue weighted by Crippen LogP contribution is -2.22. The monoisotopic (exact) mass is 352 g/mol. The first-order chi connectivity index (χ1) is 11.0. The maximum absolute atomic E-state index is 12.3. The maximum Gasteiger partial charge on any atom is 0.271 e. The second kappa shape index (κ2) is 6.51. The molecule has 5 nitrogen and oxygen atoms in total. The number of hydrogen-bond donors (Lipinski definition) is 1. The van der Waals surface area contributed by atoms with Gasteiger partial charge >= 0.3 is 0 Å². The zero-order valence-corrected chi connectivity index (χ0v) is 14.8. The Morgan fingerprint density at radius 3 is 2.52 bits per heavy atom. The van der Waals surface area contributed by atoms with Crippen molar-refractivity contribution in [3.63, 3.8) is 0 Å². The SMILES string of the molecule is COC1CCN(c2ccc(NS(=O)(=O)c3ccc(C)s3)cc2)C1. The Balaban J connectivity index is 1.70. The fourth-order valence-electron chi connectivity index (χ4n) is 2.66. The fraction of sp³-hybridized carbons (Fsp3) is 0.375. The van der Waals surface area contributed by atoms with Gasteiger partial charge in [0.1, 0.15) is 4.21 Å². The van der Waals surface area contributed by atoms with Crippen molar-refractivity contribution in [1.29, 1.82) is 0 Å². The van der Waals surface area contributed by atoms with Gasteiger partial charge in [-0.2, -0.15) is 0 Å². The van der Waals surface area contributed by atoms with Crippen molar-refractivity contribution >= 4 is 32.7 Å². The molecular formula is C16H20N2O3S2. The summed E-state index contributed by atoms with van der Waals surface area (Å²) in [6, 6.07) is 10.9. The molecule has 1 saturated heterocycles. The van der Waals surface area contributed by atoms with E-state index in [4.69, 9.17) is 4.74 Å². The highest BCUT2D eigenvalue weighted by Gasteiger charge is 2.22. The number of benzene rings is 1. The summed E-state index contributed by atoms with van der Waals surface area (Å²) in [5, 5.41) is 0. The predicted molar refractivity (Wildman–Crippen MR) is 93.9 cm³/mol. The van der Waals surface area contributed by atoms with E-state index >= 15 is 0 Å². The van der Waals surface area contributed by atoms with Gasteiger partial charge in [-0.1, -0.05) is 0 Å². The van der Waals surface area contributed by atoms with Crippen LogP contribution in [-0.2, 0) is 14.8 Å². The van der Waals surface area contributed by atoms with Gasteiger partial charge < -0.3 is 9.64 Å². The molecule has 1 aromatic heterocycles. The molecular weight excluding hydrogens is 332 g/mol. The molecule has 0 aliphatic carbocycles. The van der Waals surface area contributed by atoms with Crippen LogP contribution >= 0.6 is 11.3 Å². The summed E-state index contributed by atoms with van der Waals surface area (Å²) in [6.45, 7) is 3.72. The number of hydrogen-bond acceptors (Lipinski definition) is 5.